The maximum Gasteiger partial charge on any atom is 0.317 e. The van der Waals surface area contributed by atoms with Gasteiger partial charge in [-0.3, -0.25) is 9.59 Å². The SMILES string of the molecule is O=C(CSCc1ccc(Cl)s1)O[C@H](C(=O)NC1CC1)c1ccccc1. The van der Waals surface area contributed by atoms with E-state index in [4.69, 9.17) is 16.3 Å². The summed E-state index contributed by atoms with van der Waals surface area (Å²) >= 11 is 8.84. The lowest BCUT2D eigenvalue weighted by Crippen LogP contribution is -2.33. The van der Waals surface area contributed by atoms with Gasteiger partial charge in [-0.05, 0) is 25.0 Å². The Morgan fingerprint density at radius 2 is 2.00 bits per heavy atom. The highest BCUT2D eigenvalue weighted by molar-refractivity contribution is 7.99. The average molecular weight is 396 g/mol. The van der Waals surface area contributed by atoms with E-state index in [0.717, 1.165) is 22.1 Å². The molecule has 1 saturated carbocycles. The Kier molecular flexibility index (Phi) is 6.39. The van der Waals surface area contributed by atoms with E-state index in [2.05, 4.69) is 5.32 Å². The Hall–Kier alpha value is -1.50. The molecule has 0 unspecified atom stereocenters. The quantitative estimate of drug-likeness (QED) is 0.680. The van der Waals surface area contributed by atoms with Crippen LogP contribution < -0.4 is 5.32 Å². The normalized spacial score (nSPS) is 14.8. The van der Waals surface area contributed by atoms with Gasteiger partial charge < -0.3 is 10.1 Å². The van der Waals surface area contributed by atoms with Gasteiger partial charge in [-0.2, -0.15) is 0 Å². The van der Waals surface area contributed by atoms with Crippen LogP contribution in [0, 0.1) is 0 Å². The second kappa shape index (κ2) is 8.74. The molecule has 1 aliphatic rings. The third-order valence-electron chi connectivity index (χ3n) is 3.61. The highest BCUT2D eigenvalue weighted by Crippen LogP contribution is 2.26. The van der Waals surface area contributed by atoms with Crippen LogP contribution in [0.4, 0.5) is 0 Å². The number of thiophene rings is 1. The number of benzene rings is 1. The Morgan fingerprint density at radius 1 is 1.24 bits per heavy atom. The van der Waals surface area contributed by atoms with Gasteiger partial charge in [-0.15, -0.1) is 23.1 Å². The first-order valence-corrected chi connectivity index (χ1v) is 10.3. The molecule has 1 aromatic heterocycles. The fourth-order valence-corrected chi connectivity index (χ4v) is 4.24. The van der Waals surface area contributed by atoms with Crippen molar-refractivity contribution in [3.8, 4) is 0 Å². The molecule has 7 heteroatoms. The monoisotopic (exact) mass is 395 g/mol. The number of carbonyl (C=O) groups excluding carboxylic acids is 2. The summed E-state index contributed by atoms with van der Waals surface area (Å²) in [5, 5.41) is 2.91. The van der Waals surface area contributed by atoms with Crippen molar-refractivity contribution >= 4 is 46.6 Å². The molecular weight excluding hydrogens is 378 g/mol. The molecule has 1 atom stereocenters. The number of nitrogens with one attached hydrogen (secondary N) is 1. The molecule has 132 valence electrons. The van der Waals surface area contributed by atoms with Crippen molar-refractivity contribution in [3.63, 3.8) is 0 Å². The lowest BCUT2D eigenvalue weighted by atomic mass is 10.1. The Morgan fingerprint density at radius 3 is 2.64 bits per heavy atom. The summed E-state index contributed by atoms with van der Waals surface area (Å²) in [6, 6.07) is 13.1. The number of thioether (sulfide) groups is 1. The molecular formula is C18H18ClNO3S2. The summed E-state index contributed by atoms with van der Waals surface area (Å²) in [4.78, 5) is 25.7. The predicted molar refractivity (Wildman–Crippen MR) is 102 cm³/mol. The minimum absolute atomic E-state index is 0.190. The van der Waals surface area contributed by atoms with E-state index >= 15 is 0 Å². The van der Waals surface area contributed by atoms with Gasteiger partial charge >= 0.3 is 5.97 Å². The molecule has 1 aliphatic carbocycles. The van der Waals surface area contributed by atoms with Gasteiger partial charge in [0.1, 0.15) is 0 Å². The lowest BCUT2D eigenvalue weighted by molar-refractivity contribution is -0.154. The number of amides is 1. The van der Waals surface area contributed by atoms with Crippen molar-refractivity contribution in [2.24, 2.45) is 0 Å². The number of carbonyl (C=O) groups is 2. The molecule has 1 fully saturated rings. The molecule has 1 aromatic carbocycles. The van der Waals surface area contributed by atoms with E-state index in [0.29, 0.717) is 11.3 Å². The van der Waals surface area contributed by atoms with Crippen molar-refractivity contribution in [1.29, 1.82) is 0 Å². The molecule has 0 saturated heterocycles. The van der Waals surface area contributed by atoms with Crippen molar-refractivity contribution in [2.75, 3.05) is 5.75 Å². The standard InChI is InChI=1S/C18H18ClNO3S2/c19-15-9-8-14(25-15)10-24-11-16(21)23-17(12-4-2-1-3-5-12)18(22)20-13-6-7-13/h1-5,8-9,13,17H,6-7,10-11H2,(H,20,22)/t17-/m0/s1. The van der Waals surface area contributed by atoms with Crippen LogP contribution in [-0.2, 0) is 20.1 Å². The average Bonchev–Trinajstić information content (AvgIpc) is 3.32. The summed E-state index contributed by atoms with van der Waals surface area (Å²) in [5.74, 6) is 0.233. The van der Waals surface area contributed by atoms with Crippen LogP contribution in [0.1, 0.15) is 29.4 Å². The maximum absolute atomic E-state index is 12.4. The zero-order chi connectivity index (χ0) is 17.6. The van der Waals surface area contributed by atoms with Gasteiger partial charge in [0.05, 0.1) is 10.1 Å². The number of ether oxygens (including phenoxy) is 1. The van der Waals surface area contributed by atoms with Gasteiger partial charge in [0.25, 0.3) is 5.91 Å². The molecule has 0 radical (unpaired) electrons. The zero-order valence-electron chi connectivity index (χ0n) is 13.4. The zero-order valence-corrected chi connectivity index (χ0v) is 15.8. The first-order valence-electron chi connectivity index (χ1n) is 7.98. The summed E-state index contributed by atoms with van der Waals surface area (Å²) in [6.07, 6.45) is 1.08. The van der Waals surface area contributed by atoms with E-state index in [1.54, 1.807) is 12.1 Å². The van der Waals surface area contributed by atoms with Crippen molar-refractivity contribution in [3.05, 3.63) is 57.2 Å². The summed E-state index contributed by atoms with van der Waals surface area (Å²) in [5.41, 5.74) is 0.684. The van der Waals surface area contributed by atoms with Crippen LogP contribution in [0.2, 0.25) is 4.34 Å². The minimum atomic E-state index is -0.897. The van der Waals surface area contributed by atoms with E-state index in [-0.39, 0.29) is 17.7 Å². The van der Waals surface area contributed by atoms with Crippen LogP contribution in [-0.4, -0.2) is 23.7 Å². The van der Waals surface area contributed by atoms with Crippen LogP contribution >= 0.6 is 34.7 Å². The van der Waals surface area contributed by atoms with Gasteiger partial charge in [0.15, 0.2) is 0 Å². The molecule has 0 spiro atoms. The van der Waals surface area contributed by atoms with Gasteiger partial charge in [0.2, 0.25) is 6.10 Å². The first kappa shape index (κ1) is 18.3. The maximum atomic E-state index is 12.4. The van der Waals surface area contributed by atoms with Gasteiger partial charge in [-0.1, -0.05) is 41.9 Å². The van der Waals surface area contributed by atoms with E-state index in [1.165, 1.54) is 23.1 Å². The molecule has 1 N–H and O–H groups in total. The topological polar surface area (TPSA) is 55.4 Å². The molecule has 3 rings (SSSR count). The summed E-state index contributed by atoms with van der Waals surface area (Å²) < 4.78 is 6.21. The highest BCUT2D eigenvalue weighted by atomic mass is 35.5. The molecule has 1 amide bonds. The number of rotatable bonds is 8. The van der Waals surface area contributed by atoms with E-state index in [9.17, 15) is 9.59 Å². The lowest BCUT2D eigenvalue weighted by Gasteiger charge is -2.18. The molecule has 1 heterocycles. The highest BCUT2D eigenvalue weighted by Gasteiger charge is 2.30. The molecule has 2 aromatic rings. The van der Waals surface area contributed by atoms with E-state index < -0.39 is 12.1 Å². The molecule has 0 aliphatic heterocycles. The largest absolute Gasteiger partial charge is 0.447 e. The van der Waals surface area contributed by atoms with Crippen molar-refractivity contribution in [2.45, 2.75) is 30.7 Å². The number of hydrogen-bond acceptors (Lipinski definition) is 5. The van der Waals surface area contributed by atoms with Crippen molar-refractivity contribution < 1.29 is 14.3 Å². The Bertz CT molecular complexity index is 731. The minimum Gasteiger partial charge on any atom is -0.447 e. The smallest absolute Gasteiger partial charge is 0.317 e. The second-order valence-corrected chi connectivity index (χ2v) is 8.55. The molecule has 25 heavy (non-hydrogen) atoms. The fraction of sp³-hybridized carbons (Fsp3) is 0.333. The predicted octanol–water partition coefficient (Wildman–Crippen LogP) is 4.20. The summed E-state index contributed by atoms with van der Waals surface area (Å²) in [7, 11) is 0. The Balaban J connectivity index is 1.55. The van der Waals surface area contributed by atoms with Crippen LogP contribution in [0.5, 0.6) is 0 Å². The first-order chi connectivity index (χ1) is 12.1. The van der Waals surface area contributed by atoms with Gasteiger partial charge in [0, 0.05) is 22.2 Å². The third kappa shape index (κ3) is 5.76. The van der Waals surface area contributed by atoms with E-state index in [1.807, 2.05) is 30.3 Å². The number of esters is 1. The third-order valence-corrected chi connectivity index (χ3v) is 5.98. The molecule has 4 nitrogen and oxygen atoms in total. The Labute approximate surface area is 159 Å². The molecule has 0 bridgehead atoms. The second-order valence-electron chi connectivity index (χ2n) is 5.76. The van der Waals surface area contributed by atoms with Crippen molar-refractivity contribution in [1.82, 2.24) is 5.32 Å². The van der Waals surface area contributed by atoms with Crippen LogP contribution in [0.25, 0.3) is 0 Å². The van der Waals surface area contributed by atoms with Crippen LogP contribution in [0.15, 0.2) is 42.5 Å². The number of halogens is 1. The van der Waals surface area contributed by atoms with Gasteiger partial charge in [-0.25, -0.2) is 0 Å². The fourth-order valence-electron chi connectivity index (χ4n) is 2.24. The summed E-state index contributed by atoms with van der Waals surface area (Å²) in [6.45, 7) is 0. The number of hydrogen-bond donors (Lipinski definition) is 1. The van der Waals surface area contributed by atoms with Crippen LogP contribution in [0.3, 0.4) is 0 Å².